The summed E-state index contributed by atoms with van der Waals surface area (Å²) in [6.07, 6.45) is 3.02. The molecule has 4 rings (SSSR count). The first-order chi connectivity index (χ1) is 12.2. The normalized spacial score (nSPS) is 13.3. The number of hydrogen-bond donors (Lipinski definition) is 3. The van der Waals surface area contributed by atoms with E-state index in [1.165, 1.54) is 24.2 Å². The number of rotatable bonds is 6. The lowest BCUT2D eigenvalue weighted by Crippen LogP contribution is -2.12. The monoisotopic (exact) mass is 390 g/mol. The van der Waals surface area contributed by atoms with Gasteiger partial charge < -0.3 is 11.1 Å². The van der Waals surface area contributed by atoms with E-state index in [0.717, 1.165) is 16.4 Å². The van der Waals surface area contributed by atoms with Gasteiger partial charge in [0.2, 0.25) is 0 Å². The highest BCUT2D eigenvalue weighted by atomic mass is 35.5. The Bertz CT molecular complexity index is 904. The molecule has 3 aromatic rings. The minimum Gasteiger partial charge on any atom is -0.330 e. The summed E-state index contributed by atoms with van der Waals surface area (Å²) in [5.74, 6) is 1.89. The van der Waals surface area contributed by atoms with Gasteiger partial charge in [-0.05, 0) is 31.5 Å². The van der Waals surface area contributed by atoms with Gasteiger partial charge in [-0.1, -0.05) is 12.1 Å². The van der Waals surface area contributed by atoms with E-state index in [1.807, 2.05) is 24.3 Å². The molecule has 7 nitrogen and oxygen atoms in total. The predicted molar refractivity (Wildman–Crippen MR) is 104 cm³/mol. The van der Waals surface area contributed by atoms with Gasteiger partial charge in [0.05, 0.1) is 5.01 Å². The Morgan fingerprint density at radius 1 is 1.35 bits per heavy atom. The molecule has 9 heteroatoms. The number of anilines is 1. The standard InChI is InChI=1S/C17H18N6OS.ClH/c18-7-6-14-20-13(9-25-14)17(24)19-12-3-1-2-11(8-12)16-21-15(22-23-16)10-4-5-10;/h1-3,8-10H,4-7,18H2,(H,19,24)(H,21,22,23);1H. The van der Waals surface area contributed by atoms with Crippen LogP contribution in [-0.4, -0.2) is 32.6 Å². The summed E-state index contributed by atoms with van der Waals surface area (Å²) in [6.45, 7) is 0.524. The van der Waals surface area contributed by atoms with Crippen molar-refractivity contribution in [1.29, 1.82) is 0 Å². The zero-order chi connectivity index (χ0) is 17.2. The predicted octanol–water partition coefficient (Wildman–Crippen LogP) is 2.98. The summed E-state index contributed by atoms with van der Waals surface area (Å²) in [4.78, 5) is 21.2. The second-order valence-corrected chi connectivity index (χ2v) is 6.96. The largest absolute Gasteiger partial charge is 0.330 e. The number of nitrogens with two attached hydrogens (primary N) is 1. The van der Waals surface area contributed by atoms with E-state index in [9.17, 15) is 4.79 Å². The second kappa shape index (κ2) is 7.94. The first-order valence-electron chi connectivity index (χ1n) is 8.21. The molecule has 0 spiro atoms. The quantitative estimate of drug-likeness (QED) is 0.599. The average molecular weight is 391 g/mol. The summed E-state index contributed by atoms with van der Waals surface area (Å²) < 4.78 is 0. The lowest BCUT2D eigenvalue weighted by atomic mass is 10.2. The smallest absolute Gasteiger partial charge is 0.275 e. The molecule has 26 heavy (non-hydrogen) atoms. The summed E-state index contributed by atoms with van der Waals surface area (Å²) in [5, 5.41) is 12.8. The molecule has 1 amide bonds. The van der Waals surface area contributed by atoms with E-state index >= 15 is 0 Å². The fourth-order valence-corrected chi connectivity index (χ4v) is 3.32. The maximum atomic E-state index is 12.3. The number of nitrogens with one attached hydrogen (secondary N) is 2. The molecule has 2 aromatic heterocycles. The van der Waals surface area contributed by atoms with Crippen molar-refractivity contribution in [3.05, 3.63) is 46.2 Å². The van der Waals surface area contributed by atoms with Crippen LogP contribution in [0.2, 0.25) is 0 Å². The number of carbonyl (C=O) groups excluding carboxylic acids is 1. The van der Waals surface area contributed by atoms with Crippen molar-refractivity contribution in [2.75, 3.05) is 11.9 Å². The van der Waals surface area contributed by atoms with Crippen molar-refractivity contribution in [2.24, 2.45) is 5.73 Å². The van der Waals surface area contributed by atoms with Crippen LogP contribution >= 0.6 is 23.7 Å². The van der Waals surface area contributed by atoms with Crippen LogP contribution in [0.4, 0.5) is 5.69 Å². The Morgan fingerprint density at radius 3 is 2.96 bits per heavy atom. The highest BCUT2D eigenvalue weighted by Gasteiger charge is 2.27. The highest BCUT2D eigenvalue weighted by molar-refractivity contribution is 7.09. The number of nitrogens with zero attached hydrogens (tertiary/aromatic N) is 3. The van der Waals surface area contributed by atoms with Crippen molar-refractivity contribution >= 4 is 35.3 Å². The Hall–Kier alpha value is -2.29. The van der Waals surface area contributed by atoms with Crippen LogP contribution in [0.3, 0.4) is 0 Å². The fourth-order valence-electron chi connectivity index (χ4n) is 2.53. The van der Waals surface area contributed by atoms with Crippen LogP contribution in [0.25, 0.3) is 11.4 Å². The number of benzene rings is 1. The summed E-state index contributed by atoms with van der Waals surface area (Å²) in [5.41, 5.74) is 7.48. The van der Waals surface area contributed by atoms with Crippen LogP contribution in [0.15, 0.2) is 29.6 Å². The number of halogens is 1. The van der Waals surface area contributed by atoms with Gasteiger partial charge in [0.25, 0.3) is 5.91 Å². The third kappa shape index (κ3) is 4.09. The molecule has 0 bridgehead atoms. The number of aromatic nitrogens is 4. The third-order valence-corrected chi connectivity index (χ3v) is 4.90. The van der Waals surface area contributed by atoms with Crippen molar-refractivity contribution in [1.82, 2.24) is 20.2 Å². The van der Waals surface area contributed by atoms with Crippen LogP contribution in [-0.2, 0) is 6.42 Å². The Morgan fingerprint density at radius 2 is 2.19 bits per heavy atom. The van der Waals surface area contributed by atoms with Crippen molar-refractivity contribution in [2.45, 2.75) is 25.2 Å². The number of H-pyrrole nitrogens is 1. The second-order valence-electron chi connectivity index (χ2n) is 6.02. The molecule has 0 unspecified atom stereocenters. The van der Waals surface area contributed by atoms with E-state index in [1.54, 1.807) is 5.38 Å². The SMILES string of the molecule is Cl.NCCc1nc(C(=O)Nc2cccc(-c3n[nH]c(C4CC4)n3)c2)cs1. The van der Waals surface area contributed by atoms with Gasteiger partial charge >= 0.3 is 0 Å². The fraction of sp³-hybridized carbons (Fsp3) is 0.294. The van der Waals surface area contributed by atoms with E-state index in [2.05, 4.69) is 25.5 Å². The number of carbonyl (C=O) groups is 1. The number of hydrogen-bond acceptors (Lipinski definition) is 6. The molecule has 1 saturated carbocycles. The zero-order valence-corrected chi connectivity index (χ0v) is 15.6. The molecule has 0 radical (unpaired) electrons. The van der Waals surface area contributed by atoms with Crippen LogP contribution in [0.5, 0.6) is 0 Å². The number of thiazole rings is 1. The molecule has 0 atom stereocenters. The molecule has 2 heterocycles. The molecule has 4 N–H and O–H groups in total. The van der Waals surface area contributed by atoms with Gasteiger partial charge in [-0.15, -0.1) is 23.7 Å². The Balaban J connectivity index is 0.00000196. The Labute approximate surface area is 160 Å². The van der Waals surface area contributed by atoms with Gasteiger partial charge in [0, 0.05) is 29.0 Å². The van der Waals surface area contributed by atoms with Crippen molar-refractivity contribution in [3.63, 3.8) is 0 Å². The molecular formula is C17H19ClN6OS. The van der Waals surface area contributed by atoms with Crippen molar-refractivity contribution < 1.29 is 4.79 Å². The average Bonchev–Trinajstić information content (AvgIpc) is 3.16. The highest BCUT2D eigenvalue weighted by Crippen LogP contribution is 2.38. The Kier molecular flexibility index (Phi) is 5.65. The molecule has 0 saturated heterocycles. The van der Waals surface area contributed by atoms with Crippen LogP contribution < -0.4 is 11.1 Å². The van der Waals surface area contributed by atoms with Gasteiger partial charge in [-0.25, -0.2) is 9.97 Å². The molecule has 136 valence electrons. The summed E-state index contributed by atoms with van der Waals surface area (Å²) in [6, 6.07) is 7.50. The molecule has 1 aliphatic rings. The lowest BCUT2D eigenvalue weighted by molar-refractivity contribution is 0.102. The first-order valence-corrected chi connectivity index (χ1v) is 9.09. The van der Waals surface area contributed by atoms with E-state index < -0.39 is 0 Å². The van der Waals surface area contributed by atoms with Crippen molar-refractivity contribution in [3.8, 4) is 11.4 Å². The third-order valence-electron chi connectivity index (χ3n) is 3.99. The number of amides is 1. The van der Waals surface area contributed by atoms with Gasteiger partial charge in [-0.3, -0.25) is 9.89 Å². The van der Waals surface area contributed by atoms with E-state index in [-0.39, 0.29) is 18.3 Å². The van der Waals surface area contributed by atoms with E-state index in [0.29, 0.717) is 36.1 Å². The minimum atomic E-state index is -0.231. The molecule has 1 aromatic carbocycles. The van der Waals surface area contributed by atoms with Gasteiger partial charge in [0.15, 0.2) is 5.82 Å². The van der Waals surface area contributed by atoms with Crippen LogP contribution in [0.1, 0.15) is 40.1 Å². The summed E-state index contributed by atoms with van der Waals surface area (Å²) in [7, 11) is 0. The molecule has 0 aliphatic heterocycles. The molecule has 1 aliphatic carbocycles. The maximum Gasteiger partial charge on any atom is 0.275 e. The van der Waals surface area contributed by atoms with Crippen LogP contribution in [0, 0.1) is 0 Å². The first kappa shape index (κ1) is 18.5. The maximum absolute atomic E-state index is 12.3. The minimum absolute atomic E-state index is 0. The topological polar surface area (TPSA) is 110 Å². The summed E-state index contributed by atoms with van der Waals surface area (Å²) >= 11 is 1.45. The molecular weight excluding hydrogens is 372 g/mol. The van der Waals surface area contributed by atoms with E-state index in [4.69, 9.17) is 5.73 Å². The van der Waals surface area contributed by atoms with Gasteiger partial charge in [0.1, 0.15) is 11.5 Å². The zero-order valence-electron chi connectivity index (χ0n) is 13.9. The van der Waals surface area contributed by atoms with Gasteiger partial charge in [-0.2, -0.15) is 5.10 Å². The number of aromatic amines is 1. The lowest BCUT2D eigenvalue weighted by Gasteiger charge is -2.04. The molecule has 1 fully saturated rings.